The van der Waals surface area contributed by atoms with Gasteiger partial charge in [-0.15, -0.1) is 0 Å². The lowest BCUT2D eigenvalue weighted by atomic mass is 10.1. The van der Waals surface area contributed by atoms with Crippen LogP contribution in [0.5, 0.6) is 0 Å². The van der Waals surface area contributed by atoms with E-state index in [0.717, 1.165) is 19.4 Å². The number of methoxy groups -OCH3 is 1. The van der Waals surface area contributed by atoms with E-state index >= 15 is 0 Å². The summed E-state index contributed by atoms with van der Waals surface area (Å²) in [5.74, 6) is -0.484. The number of rotatable bonds is 9. The molecule has 0 N–H and O–H groups in total. The van der Waals surface area contributed by atoms with E-state index in [2.05, 4.69) is 4.98 Å². The molecule has 1 aromatic rings. The lowest BCUT2D eigenvalue weighted by molar-refractivity contribution is -0.146. The Labute approximate surface area is 126 Å². The van der Waals surface area contributed by atoms with E-state index in [4.69, 9.17) is 4.74 Å². The number of carbonyl (C=O) groups is 2. The number of imidazole rings is 1. The van der Waals surface area contributed by atoms with Gasteiger partial charge in [-0.3, -0.25) is 9.59 Å². The van der Waals surface area contributed by atoms with Crippen molar-refractivity contribution in [3.63, 3.8) is 0 Å². The van der Waals surface area contributed by atoms with Crippen molar-refractivity contribution in [2.24, 2.45) is 5.92 Å². The summed E-state index contributed by atoms with van der Waals surface area (Å²) in [5, 5.41) is 0. The van der Waals surface area contributed by atoms with Crippen LogP contribution in [0.4, 0.5) is 0 Å². The van der Waals surface area contributed by atoms with Crippen molar-refractivity contribution in [2.45, 2.75) is 39.7 Å². The summed E-state index contributed by atoms with van der Waals surface area (Å²) < 4.78 is 6.71. The minimum absolute atomic E-state index is 0.0962. The number of amides is 1. The molecule has 0 aromatic carbocycles. The van der Waals surface area contributed by atoms with Gasteiger partial charge in [0.25, 0.3) is 0 Å². The van der Waals surface area contributed by atoms with Crippen molar-refractivity contribution in [1.29, 1.82) is 0 Å². The smallest absolute Gasteiger partial charge is 0.310 e. The summed E-state index contributed by atoms with van der Waals surface area (Å²) in [5.41, 5.74) is 0. The zero-order chi connectivity index (χ0) is 15.7. The van der Waals surface area contributed by atoms with Crippen molar-refractivity contribution in [3.8, 4) is 0 Å². The fourth-order valence-electron chi connectivity index (χ4n) is 2.16. The highest BCUT2D eigenvalue weighted by Crippen LogP contribution is 2.07. The molecule has 1 amide bonds. The van der Waals surface area contributed by atoms with Gasteiger partial charge in [0.2, 0.25) is 5.91 Å². The minimum atomic E-state index is -0.302. The Bertz CT molecular complexity index is 431. The molecule has 118 valence electrons. The van der Waals surface area contributed by atoms with Crippen LogP contribution in [-0.4, -0.2) is 46.5 Å². The summed E-state index contributed by atoms with van der Waals surface area (Å²) in [4.78, 5) is 29.4. The quantitative estimate of drug-likeness (QED) is 0.651. The van der Waals surface area contributed by atoms with Crippen molar-refractivity contribution >= 4 is 11.9 Å². The molecule has 0 spiro atoms. The maximum Gasteiger partial charge on any atom is 0.310 e. The van der Waals surface area contributed by atoms with Gasteiger partial charge in [-0.1, -0.05) is 13.8 Å². The Kier molecular flexibility index (Phi) is 7.50. The average molecular weight is 295 g/mol. The predicted molar refractivity (Wildman–Crippen MR) is 79.5 cm³/mol. The second-order valence-electron chi connectivity index (χ2n) is 5.17. The van der Waals surface area contributed by atoms with E-state index in [1.54, 1.807) is 24.3 Å². The third-order valence-corrected chi connectivity index (χ3v) is 3.32. The number of carbonyl (C=O) groups excluding carboxylic acids is 2. The van der Waals surface area contributed by atoms with E-state index in [1.165, 1.54) is 7.11 Å². The molecular weight excluding hydrogens is 270 g/mol. The number of aromatic nitrogens is 2. The highest BCUT2D eigenvalue weighted by atomic mass is 16.5. The van der Waals surface area contributed by atoms with Gasteiger partial charge >= 0.3 is 5.97 Å². The standard InChI is InChI=1S/C15H25N3O3/c1-4-6-14(19)18(11-13(2)15(20)21-3)9-5-8-17-10-7-16-12-17/h7,10,12-13H,4-6,8-9,11H2,1-3H3. The van der Waals surface area contributed by atoms with Crippen LogP contribution < -0.4 is 0 Å². The number of aryl methyl sites for hydroxylation is 1. The minimum Gasteiger partial charge on any atom is -0.469 e. The van der Waals surface area contributed by atoms with Gasteiger partial charge < -0.3 is 14.2 Å². The van der Waals surface area contributed by atoms with Crippen molar-refractivity contribution in [3.05, 3.63) is 18.7 Å². The second kappa shape index (κ2) is 9.15. The Balaban J connectivity index is 2.51. The third kappa shape index (κ3) is 5.97. The Morgan fingerprint density at radius 2 is 2.19 bits per heavy atom. The zero-order valence-corrected chi connectivity index (χ0v) is 13.1. The van der Waals surface area contributed by atoms with Crippen LogP contribution in [0.15, 0.2) is 18.7 Å². The largest absolute Gasteiger partial charge is 0.469 e. The maximum absolute atomic E-state index is 12.1. The summed E-state index contributed by atoms with van der Waals surface area (Å²) in [6.45, 7) is 5.62. The summed E-state index contributed by atoms with van der Waals surface area (Å²) >= 11 is 0. The van der Waals surface area contributed by atoms with E-state index in [9.17, 15) is 9.59 Å². The molecule has 0 saturated heterocycles. The van der Waals surface area contributed by atoms with Crippen LogP contribution in [0.2, 0.25) is 0 Å². The van der Waals surface area contributed by atoms with Crippen molar-refractivity contribution in [2.75, 3.05) is 20.2 Å². The lowest BCUT2D eigenvalue weighted by Gasteiger charge is -2.25. The van der Waals surface area contributed by atoms with Gasteiger partial charge in [0.05, 0.1) is 19.4 Å². The fraction of sp³-hybridized carbons (Fsp3) is 0.667. The monoisotopic (exact) mass is 295 g/mol. The third-order valence-electron chi connectivity index (χ3n) is 3.32. The first kappa shape index (κ1) is 17.2. The number of esters is 1. The lowest BCUT2D eigenvalue weighted by Crippen LogP contribution is -2.38. The average Bonchev–Trinajstić information content (AvgIpc) is 2.98. The van der Waals surface area contributed by atoms with Crippen LogP contribution >= 0.6 is 0 Å². The van der Waals surface area contributed by atoms with Crippen LogP contribution in [0.3, 0.4) is 0 Å². The van der Waals surface area contributed by atoms with Gasteiger partial charge in [0.15, 0.2) is 0 Å². The number of nitrogens with zero attached hydrogens (tertiary/aromatic N) is 3. The molecular formula is C15H25N3O3. The Hall–Kier alpha value is -1.85. The number of hydrogen-bond acceptors (Lipinski definition) is 4. The molecule has 1 atom stereocenters. The normalized spacial score (nSPS) is 12.0. The SMILES string of the molecule is CCCC(=O)N(CCCn1ccnc1)CC(C)C(=O)OC. The van der Waals surface area contributed by atoms with Crippen LogP contribution in [0, 0.1) is 5.92 Å². The van der Waals surface area contributed by atoms with E-state index in [-0.39, 0.29) is 17.8 Å². The molecule has 0 aliphatic carbocycles. The highest BCUT2D eigenvalue weighted by molar-refractivity contribution is 5.77. The molecule has 6 nitrogen and oxygen atoms in total. The number of hydrogen-bond donors (Lipinski definition) is 0. The molecule has 1 unspecified atom stereocenters. The molecule has 0 radical (unpaired) electrons. The number of ether oxygens (including phenoxy) is 1. The molecule has 0 fully saturated rings. The second-order valence-corrected chi connectivity index (χ2v) is 5.17. The first-order valence-corrected chi connectivity index (χ1v) is 7.39. The van der Waals surface area contributed by atoms with Crippen molar-refractivity contribution < 1.29 is 14.3 Å². The molecule has 1 rings (SSSR count). The van der Waals surface area contributed by atoms with E-state index in [0.29, 0.717) is 19.5 Å². The summed E-state index contributed by atoms with van der Waals surface area (Å²) in [6, 6.07) is 0. The highest BCUT2D eigenvalue weighted by Gasteiger charge is 2.20. The van der Waals surface area contributed by atoms with Crippen LogP contribution in [0.25, 0.3) is 0 Å². The van der Waals surface area contributed by atoms with Crippen molar-refractivity contribution in [1.82, 2.24) is 14.5 Å². The van der Waals surface area contributed by atoms with Gasteiger partial charge in [0.1, 0.15) is 0 Å². The van der Waals surface area contributed by atoms with Crippen LogP contribution in [-0.2, 0) is 20.9 Å². The molecule has 0 saturated carbocycles. The first-order chi connectivity index (χ1) is 10.1. The van der Waals surface area contributed by atoms with E-state index < -0.39 is 0 Å². The molecule has 6 heteroatoms. The Morgan fingerprint density at radius 1 is 1.43 bits per heavy atom. The zero-order valence-electron chi connectivity index (χ0n) is 13.1. The van der Waals surface area contributed by atoms with Crippen LogP contribution in [0.1, 0.15) is 33.1 Å². The first-order valence-electron chi connectivity index (χ1n) is 7.39. The summed E-state index contributed by atoms with van der Waals surface area (Å²) in [7, 11) is 1.37. The molecule has 0 aliphatic heterocycles. The van der Waals surface area contributed by atoms with Gasteiger partial charge in [-0.25, -0.2) is 4.98 Å². The van der Waals surface area contributed by atoms with Gasteiger partial charge in [-0.2, -0.15) is 0 Å². The fourth-order valence-corrected chi connectivity index (χ4v) is 2.16. The molecule has 0 bridgehead atoms. The molecule has 1 aromatic heterocycles. The summed E-state index contributed by atoms with van der Waals surface area (Å²) in [6.07, 6.45) is 7.55. The van der Waals surface area contributed by atoms with Gasteiger partial charge in [-0.05, 0) is 12.8 Å². The Morgan fingerprint density at radius 3 is 2.76 bits per heavy atom. The predicted octanol–water partition coefficient (Wildman–Crippen LogP) is 1.71. The topological polar surface area (TPSA) is 64.4 Å². The van der Waals surface area contributed by atoms with E-state index in [1.807, 2.05) is 17.7 Å². The molecule has 1 heterocycles. The maximum atomic E-state index is 12.1. The van der Waals surface area contributed by atoms with Gasteiger partial charge in [0, 0.05) is 38.4 Å². The molecule has 0 aliphatic rings. The molecule has 21 heavy (non-hydrogen) atoms.